The van der Waals surface area contributed by atoms with Crippen molar-refractivity contribution in [3.63, 3.8) is 0 Å². The van der Waals surface area contributed by atoms with Gasteiger partial charge in [0, 0.05) is 12.0 Å². The minimum absolute atomic E-state index is 1.01. The van der Waals surface area contributed by atoms with Crippen LogP contribution in [-0.4, -0.2) is 9.57 Å². The predicted octanol–water partition coefficient (Wildman–Crippen LogP) is 1.85. The predicted molar refractivity (Wildman–Crippen MR) is 47.8 cm³/mol. The number of thiol groups is 1. The van der Waals surface area contributed by atoms with E-state index in [1.807, 2.05) is 10.0 Å². The normalized spacial score (nSPS) is 19.6. The molecule has 2 nitrogen and oxygen atoms in total. The summed E-state index contributed by atoms with van der Waals surface area (Å²) in [5.74, 6) is 1.08. The molecule has 1 aliphatic heterocycles. The number of nitrogens with zero attached hydrogens (tertiary/aromatic N) is 1. The average molecular weight is 180 g/mol. The molecule has 1 rings (SSSR count). The van der Waals surface area contributed by atoms with Crippen LogP contribution in [-0.2, 0) is 0 Å². The van der Waals surface area contributed by atoms with Crippen molar-refractivity contribution in [2.24, 2.45) is 0 Å². The minimum atomic E-state index is 1.01. The molecule has 0 saturated heterocycles. The minimum Gasteiger partial charge on any atom is -0.305 e. The van der Waals surface area contributed by atoms with Gasteiger partial charge in [-0.3, -0.25) is 0 Å². The molecule has 0 aromatic carbocycles. The summed E-state index contributed by atoms with van der Waals surface area (Å²) in [5, 5.41) is 0. The Kier molecular flexibility index (Phi) is 3.11. The van der Waals surface area contributed by atoms with Crippen LogP contribution in [0.15, 0.2) is 10.4 Å². The van der Waals surface area contributed by atoms with Gasteiger partial charge in [-0.1, -0.05) is 6.92 Å². The van der Waals surface area contributed by atoms with Gasteiger partial charge in [0.05, 0.1) is 4.24 Å². The highest BCUT2D eigenvalue weighted by molar-refractivity contribution is 8.20. The molecular formula is C4H8N2S3. The molecule has 0 spiro atoms. The molecule has 5 heteroatoms. The van der Waals surface area contributed by atoms with E-state index < -0.39 is 0 Å². The van der Waals surface area contributed by atoms with Gasteiger partial charge >= 0.3 is 0 Å². The quantitative estimate of drug-likeness (QED) is 0.498. The molecule has 0 bridgehead atoms. The number of hydrogen-bond acceptors (Lipinski definition) is 5. The van der Waals surface area contributed by atoms with Gasteiger partial charge in [0.15, 0.2) is 0 Å². The van der Waals surface area contributed by atoms with Crippen LogP contribution in [0.2, 0.25) is 0 Å². The molecule has 9 heavy (non-hydrogen) atoms. The van der Waals surface area contributed by atoms with Crippen LogP contribution in [0.3, 0.4) is 0 Å². The summed E-state index contributed by atoms with van der Waals surface area (Å²) in [6, 6.07) is 0. The second kappa shape index (κ2) is 3.65. The summed E-state index contributed by atoms with van der Waals surface area (Å²) in [6.45, 7) is 2.11. The fraction of sp³-hybridized carbons (Fsp3) is 0.500. The van der Waals surface area contributed by atoms with Gasteiger partial charge in [-0.15, -0.1) is 16.4 Å². The molecule has 0 saturated carbocycles. The van der Waals surface area contributed by atoms with Crippen molar-refractivity contribution in [1.29, 1.82) is 0 Å². The largest absolute Gasteiger partial charge is 0.305 e. The van der Waals surface area contributed by atoms with E-state index in [1.165, 1.54) is 0 Å². The number of hydrazine groups is 1. The number of rotatable bonds is 2. The van der Waals surface area contributed by atoms with Crippen LogP contribution < -0.4 is 5.43 Å². The SMILES string of the molecule is CCSN1NC=C(S)S1. The van der Waals surface area contributed by atoms with Crippen molar-refractivity contribution in [3.05, 3.63) is 10.4 Å². The van der Waals surface area contributed by atoms with Crippen LogP contribution in [0.25, 0.3) is 0 Å². The van der Waals surface area contributed by atoms with Gasteiger partial charge in [-0.2, -0.15) is 0 Å². The highest BCUT2D eigenvalue weighted by atomic mass is 32.2. The first kappa shape index (κ1) is 7.65. The Morgan fingerprint density at radius 1 is 2.00 bits per heavy atom. The third kappa shape index (κ3) is 2.33. The van der Waals surface area contributed by atoms with E-state index in [0.29, 0.717) is 0 Å². The Bertz CT molecular complexity index is 125. The molecule has 52 valence electrons. The molecule has 0 unspecified atom stereocenters. The Labute approximate surface area is 69.1 Å². The summed E-state index contributed by atoms with van der Waals surface area (Å²) >= 11 is 7.48. The first-order valence-electron chi connectivity index (χ1n) is 2.59. The lowest BCUT2D eigenvalue weighted by atomic mass is 11.0. The lowest BCUT2D eigenvalue weighted by Crippen LogP contribution is -2.15. The maximum Gasteiger partial charge on any atom is 0.0726 e. The Hall–Kier alpha value is 0.550. The standard InChI is InChI=1S/C4H8N2S3/c1-2-8-6-5-3-4(7)9-6/h3,5,7H,2H2,1H3. The van der Waals surface area contributed by atoms with E-state index in [0.717, 1.165) is 9.99 Å². The summed E-state index contributed by atoms with van der Waals surface area (Å²) in [6.07, 6.45) is 1.87. The molecule has 0 aromatic rings. The van der Waals surface area contributed by atoms with E-state index in [2.05, 4.69) is 25.0 Å². The van der Waals surface area contributed by atoms with Crippen LogP contribution in [0.5, 0.6) is 0 Å². The van der Waals surface area contributed by atoms with Gasteiger partial charge < -0.3 is 5.43 Å². The van der Waals surface area contributed by atoms with Crippen molar-refractivity contribution >= 4 is 36.5 Å². The third-order valence-corrected chi connectivity index (χ3v) is 2.80. The van der Waals surface area contributed by atoms with Gasteiger partial charge in [0.25, 0.3) is 0 Å². The number of hydrogen-bond donors (Lipinski definition) is 2. The Balaban J connectivity index is 2.21. The molecule has 0 atom stereocenters. The highest BCUT2D eigenvalue weighted by Gasteiger charge is 2.10. The van der Waals surface area contributed by atoms with Crippen molar-refractivity contribution in [2.75, 3.05) is 5.75 Å². The maximum absolute atomic E-state index is 4.15. The van der Waals surface area contributed by atoms with E-state index in [-0.39, 0.29) is 0 Å². The summed E-state index contributed by atoms with van der Waals surface area (Å²) in [5.41, 5.74) is 3.03. The van der Waals surface area contributed by atoms with Crippen LogP contribution in [0.4, 0.5) is 0 Å². The monoisotopic (exact) mass is 180 g/mol. The van der Waals surface area contributed by atoms with Crippen molar-refractivity contribution in [3.8, 4) is 0 Å². The van der Waals surface area contributed by atoms with Crippen LogP contribution in [0, 0.1) is 0 Å². The first-order valence-corrected chi connectivity index (χ1v) is 4.75. The van der Waals surface area contributed by atoms with Gasteiger partial charge in [0.2, 0.25) is 0 Å². The molecule has 0 amide bonds. The van der Waals surface area contributed by atoms with Crippen molar-refractivity contribution in [1.82, 2.24) is 9.25 Å². The number of nitrogens with one attached hydrogen (secondary N) is 1. The van der Waals surface area contributed by atoms with Gasteiger partial charge in [-0.25, -0.2) is 0 Å². The van der Waals surface area contributed by atoms with E-state index in [9.17, 15) is 0 Å². The zero-order valence-corrected chi connectivity index (χ0v) is 7.52. The smallest absolute Gasteiger partial charge is 0.0726 e. The molecule has 1 heterocycles. The lowest BCUT2D eigenvalue weighted by Gasteiger charge is -2.09. The van der Waals surface area contributed by atoms with Crippen LogP contribution in [0.1, 0.15) is 6.92 Å². The second-order valence-corrected chi connectivity index (χ2v) is 4.58. The van der Waals surface area contributed by atoms with E-state index in [1.54, 1.807) is 23.9 Å². The molecule has 0 fully saturated rings. The summed E-state index contributed by atoms with van der Waals surface area (Å²) < 4.78 is 2.98. The van der Waals surface area contributed by atoms with E-state index in [4.69, 9.17) is 0 Å². The molecule has 1 N–H and O–H groups in total. The highest BCUT2D eigenvalue weighted by Crippen LogP contribution is 2.31. The third-order valence-electron chi connectivity index (χ3n) is 0.716. The lowest BCUT2D eigenvalue weighted by molar-refractivity contribution is 0.668. The molecular weight excluding hydrogens is 172 g/mol. The Morgan fingerprint density at radius 3 is 3.22 bits per heavy atom. The topological polar surface area (TPSA) is 15.3 Å². The van der Waals surface area contributed by atoms with Gasteiger partial charge in [0.1, 0.15) is 0 Å². The first-order chi connectivity index (χ1) is 4.33. The van der Waals surface area contributed by atoms with E-state index >= 15 is 0 Å². The zero-order valence-electron chi connectivity index (χ0n) is 5.00. The molecule has 0 aliphatic carbocycles. The zero-order chi connectivity index (χ0) is 6.69. The van der Waals surface area contributed by atoms with Crippen LogP contribution >= 0.6 is 36.5 Å². The fourth-order valence-corrected chi connectivity index (χ4v) is 2.41. The summed E-state index contributed by atoms with van der Waals surface area (Å²) in [7, 11) is 0. The molecule has 1 aliphatic rings. The van der Waals surface area contributed by atoms with Gasteiger partial charge in [-0.05, 0) is 23.9 Å². The average Bonchev–Trinajstić information content (AvgIpc) is 2.17. The molecule has 0 radical (unpaired) electrons. The van der Waals surface area contributed by atoms with Crippen molar-refractivity contribution in [2.45, 2.75) is 6.92 Å². The molecule has 0 aromatic heterocycles. The summed E-state index contributed by atoms with van der Waals surface area (Å²) in [4.78, 5) is 0. The maximum atomic E-state index is 4.15. The van der Waals surface area contributed by atoms with Crippen molar-refractivity contribution < 1.29 is 0 Å². The Morgan fingerprint density at radius 2 is 2.78 bits per heavy atom. The fourth-order valence-electron chi connectivity index (χ4n) is 0.426. The second-order valence-electron chi connectivity index (χ2n) is 1.38.